The summed E-state index contributed by atoms with van der Waals surface area (Å²) < 4.78 is 10.5. The maximum absolute atomic E-state index is 12.5. The molecule has 0 bridgehead atoms. The molecular weight excluding hydrogens is 272 g/mol. The Morgan fingerprint density at radius 1 is 1.24 bits per heavy atom. The lowest BCUT2D eigenvalue weighted by Crippen LogP contribution is -2.40. The number of aliphatic carboxylic acids is 1. The molecule has 21 heavy (non-hydrogen) atoms. The van der Waals surface area contributed by atoms with Crippen LogP contribution in [0.1, 0.15) is 37.7 Å². The second kappa shape index (κ2) is 6.16. The first kappa shape index (κ1) is 15.4. The van der Waals surface area contributed by atoms with Crippen molar-refractivity contribution >= 4 is 11.8 Å². The van der Waals surface area contributed by atoms with Gasteiger partial charge in [0.15, 0.2) is 11.5 Å². The van der Waals surface area contributed by atoms with E-state index >= 15 is 0 Å². The van der Waals surface area contributed by atoms with E-state index in [1.54, 1.807) is 18.2 Å². The largest absolute Gasteiger partial charge is 0.493 e. The predicted molar refractivity (Wildman–Crippen MR) is 77.0 cm³/mol. The summed E-state index contributed by atoms with van der Waals surface area (Å²) in [5.74, 6) is 0.122. The number of methoxy groups -OCH3 is 2. The topological polar surface area (TPSA) is 72.8 Å². The van der Waals surface area contributed by atoms with Crippen LogP contribution in [0, 0.1) is 0 Å². The molecule has 1 unspecified atom stereocenters. The van der Waals surface area contributed by atoms with Crippen molar-refractivity contribution in [3.8, 4) is 11.5 Å². The minimum atomic E-state index is -0.958. The van der Waals surface area contributed by atoms with Gasteiger partial charge < -0.3 is 14.6 Å². The molecule has 0 saturated heterocycles. The molecule has 0 aliphatic heterocycles. The zero-order valence-electron chi connectivity index (χ0n) is 12.3. The third kappa shape index (κ3) is 2.86. The highest BCUT2D eigenvalue weighted by molar-refractivity contribution is 5.94. The number of ether oxygens (including phenoxy) is 2. The van der Waals surface area contributed by atoms with Crippen LogP contribution in [0.5, 0.6) is 11.5 Å². The lowest BCUT2D eigenvalue weighted by molar-refractivity contribution is -0.142. The van der Waals surface area contributed by atoms with Gasteiger partial charge in [0.1, 0.15) is 5.78 Å². The van der Waals surface area contributed by atoms with Crippen LogP contribution >= 0.6 is 0 Å². The van der Waals surface area contributed by atoms with E-state index in [9.17, 15) is 14.7 Å². The minimum absolute atomic E-state index is 0.00312. The number of hydrogen-bond acceptors (Lipinski definition) is 4. The molecule has 1 aromatic rings. The number of carbonyl (C=O) groups is 2. The number of benzene rings is 1. The molecule has 5 heteroatoms. The van der Waals surface area contributed by atoms with Crippen molar-refractivity contribution in [2.24, 2.45) is 0 Å². The molecule has 0 amide bonds. The highest BCUT2D eigenvalue weighted by Gasteiger charge is 2.43. The molecular formula is C16H20O5. The van der Waals surface area contributed by atoms with Gasteiger partial charge >= 0.3 is 5.97 Å². The van der Waals surface area contributed by atoms with E-state index in [1.807, 2.05) is 0 Å². The molecule has 0 spiro atoms. The van der Waals surface area contributed by atoms with E-state index in [0.717, 1.165) is 12.8 Å². The van der Waals surface area contributed by atoms with Crippen molar-refractivity contribution in [3.05, 3.63) is 23.8 Å². The summed E-state index contributed by atoms with van der Waals surface area (Å²) >= 11 is 0. The summed E-state index contributed by atoms with van der Waals surface area (Å²) in [6, 6.07) is 5.22. The van der Waals surface area contributed by atoms with Crippen LogP contribution in [-0.4, -0.2) is 31.1 Å². The van der Waals surface area contributed by atoms with Gasteiger partial charge in [-0.15, -0.1) is 0 Å². The van der Waals surface area contributed by atoms with Crippen LogP contribution in [0.15, 0.2) is 18.2 Å². The zero-order valence-corrected chi connectivity index (χ0v) is 12.3. The van der Waals surface area contributed by atoms with Crippen LogP contribution in [-0.2, 0) is 15.0 Å². The normalized spacial score (nSPS) is 21.9. The lowest BCUT2D eigenvalue weighted by atomic mass is 9.66. The molecule has 1 N–H and O–H groups in total. The van der Waals surface area contributed by atoms with Gasteiger partial charge in [-0.3, -0.25) is 9.59 Å². The SMILES string of the molecule is COc1ccc(C2(CC(=O)O)CCCCC2=O)cc1OC. The summed E-state index contributed by atoms with van der Waals surface area (Å²) in [6.07, 6.45) is 2.50. The fraction of sp³-hybridized carbons (Fsp3) is 0.500. The van der Waals surface area contributed by atoms with Crippen molar-refractivity contribution in [1.82, 2.24) is 0 Å². The molecule has 1 saturated carbocycles. The summed E-state index contributed by atoms with van der Waals surface area (Å²) in [5, 5.41) is 9.23. The second-order valence-electron chi connectivity index (χ2n) is 5.35. The Hall–Kier alpha value is -2.04. The molecule has 1 aliphatic rings. The molecule has 0 aromatic heterocycles. The van der Waals surface area contributed by atoms with Gasteiger partial charge in [-0.2, -0.15) is 0 Å². The van der Waals surface area contributed by atoms with Gasteiger partial charge in [0, 0.05) is 6.42 Å². The van der Waals surface area contributed by atoms with Crippen molar-refractivity contribution < 1.29 is 24.2 Å². The van der Waals surface area contributed by atoms with E-state index < -0.39 is 11.4 Å². The van der Waals surface area contributed by atoms with E-state index in [4.69, 9.17) is 9.47 Å². The van der Waals surface area contributed by atoms with Gasteiger partial charge in [-0.25, -0.2) is 0 Å². The van der Waals surface area contributed by atoms with E-state index in [-0.39, 0.29) is 12.2 Å². The Balaban J connectivity index is 2.50. The van der Waals surface area contributed by atoms with E-state index in [2.05, 4.69) is 0 Å². The Kier molecular flexibility index (Phi) is 4.50. The smallest absolute Gasteiger partial charge is 0.304 e. The van der Waals surface area contributed by atoms with E-state index in [0.29, 0.717) is 29.9 Å². The number of ketones is 1. The number of carboxylic acids is 1. The highest BCUT2D eigenvalue weighted by atomic mass is 16.5. The summed E-state index contributed by atoms with van der Waals surface area (Å²) in [5.41, 5.74) is -0.240. The first-order valence-electron chi connectivity index (χ1n) is 7.01. The molecule has 1 aliphatic carbocycles. The van der Waals surface area contributed by atoms with Gasteiger partial charge in [0.25, 0.3) is 0 Å². The van der Waals surface area contributed by atoms with Gasteiger partial charge in [0.2, 0.25) is 0 Å². The van der Waals surface area contributed by atoms with Crippen molar-refractivity contribution in [2.45, 2.75) is 37.5 Å². The predicted octanol–water partition coefficient (Wildman–Crippen LogP) is 2.56. The molecule has 114 valence electrons. The highest BCUT2D eigenvalue weighted by Crippen LogP contribution is 2.42. The second-order valence-corrected chi connectivity index (χ2v) is 5.35. The van der Waals surface area contributed by atoms with Gasteiger partial charge in [0.05, 0.1) is 26.1 Å². The van der Waals surface area contributed by atoms with Crippen molar-refractivity contribution in [2.75, 3.05) is 14.2 Å². The average Bonchev–Trinajstić information content (AvgIpc) is 2.48. The minimum Gasteiger partial charge on any atom is -0.493 e. The molecule has 2 rings (SSSR count). The number of carbonyl (C=O) groups excluding carboxylic acids is 1. The van der Waals surface area contributed by atoms with Gasteiger partial charge in [-0.05, 0) is 30.5 Å². The number of Topliss-reactive ketones (excluding diaryl/α,β-unsaturated/α-hetero) is 1. The summed E-state index contributed by atoms with van der Waals surface area (Å²) in [6.45, 7) is 0. The third-order valence-electron chi connectivity index (χ3n) is 4.18. The zero-order chi connectivity index (χ0) is 15.5. The first-order valence-corrected chi connectivity index (χ1v) is 7.01. The van der Waals surface area contributed by atoms with E-state index in [1.165, 1.54) is 14.2 Å². The summed E-state index contributed by atoms with van der Waals surface area (Å²) in [7, 11) is 3.06. The maximum atomic E-state index is 12.5. The number of hydrogen-bond donors (Lipinski definition) is 1. The fourth-order valence-electron chi connectivity index (χ4n) is 3.08. The van der Waals surface area contributed by atoms with Gasteiger partial charge in [-0.1, -0.05) is 12.5 Å². The Morgan fingerprint density at radius 3 is 2.52 bits per heavy atom. The van der Waals surface area contributed by atoms with Crippen LogP contribution in [0.2, 0.25) is 0 Å². The summed E-state index contributed by atoms with van der Waals surface area (Å²) in [4.78, 5) is 23.7. The van der Waals surface area contributed by atoms with Crippen molar-refractivity contribution in [1.29, 1.82) is 0 Å². The number of rotatable bonds is 5. The standard InChI is InChI=1S/C16H20O5/c1-20-12-7-6-11(9-13(12)21-2)16(10-15(18)19)8-4-3-5-14(16)17/h6-7,9H,3-5,8,10H2,1-2H3,(H,18,19). The molecule has 0 heterocycles. The quantitative estimate of drug-likeness (QED) is 0.903. The Morgan fingerprint density at radius 2 is 1.95 bits per heavy atom. The first-order chi connectivity index (χ1) is 10.0. The lowest BCUT2D eigenvalue weighted by Gasteiger charge is -2.35. The molecule has 1 aromatic carbocycles. The fourth-order valence-corrected chi connectivity index (χ4v) is 3.08. The molecule has 5 nitrogen and oxygen atoms in total. The third-order valence-corrected chi connectivity index (χ3v) is 4.18. The van der Waals surface area contributed by atoms with Crippen LogP contribution in [0.25, 0.3) is 0 Å². The molecule has 1 fully saturated rings. The number of carboxylic acid groups (broad SMARTS) is 1. The Bertz CT molecular complexity index is 552. The average molecular weight is 292 g/mol. The maximum Gasteiger partial charge on any atom is 0.304 e. The van der Waals surface area contributed by atoms with Crippen molar-refractivity contribution in [3.63, 3.8) is 0 Å². The van der Waals surface area contributed by atoms with Crippen LogP contribution in [0.3, 0.4) is 0 Å². The molecule has 1 atom stereocenters. The monoisotopic (exact) mass is 292 g/mol. The molecule has 0 radical (unpaired) electrons. The Labute approximate surface area is 123 Å². The van der Waals surface area contributed by atoms with Crippen LogP contribution < -0.4 is 9.47 Å². The van der Waals surface area contributed by atoms with Crippen LogP contribution in [0.4, 0.5) is 0 Å².